The Morgan fingerprint density at radius 1 is 0.562 bits per heavy atom. The molecule has 1 aliphatic rings. The molecule has 0 radical (unpaired) electrons. The van der Waals surface area contributed by atoms with E-state index in [1.54, 1.807) is 24.3 Å². The van der Waals surface area contributed by atoms with Crippen LogP contribution in [0.5, 0.6) is 0 Å². The van der Waals surface area contributed by atoms with E-state index in [1.165, 1.54) is 24.3 Å². The Bertz CT molecular complexity index is 1250. The third-order valence-corrected chi connectivity index (χ3v) is 7.58. The highest BCUT2D eigenvalue weighted by Crippen LogP contribution is 2.17. The Morgan fingerprint density at radius 3 is 1.08 bits per heavy atom. The second kappa shape index (κ2) is 17.4. The van der Waals surface area contributed by atoms with E-state index in [0.717, 1.165) is 11.1 Å². The van der Waals surface area contributed by atoms with Gasteiger partial charge in [-0.2, -0.15) is 0 Å². The molecule has 14 nitrogen and oxygen atoms in total. The van der Waals surface area contributed by atoms with Gasteiger partial charge in [-0.05, 0) is 52.7 Å². The van der Waals surface area contributed by atoms with Gasteiger partial charge in [-0.3, -0.25) is 49.4 Å². The van der Waals surface area contributed by atoms with Gasteiger partial charge in [0.1, 0.15) is 11.2 Å². The molecule has 0 bridgehead atoms. The maximum absolute atomic E-state index is 12.9. The minimum atomic E-state index is -0.620. The first kappa shape index (κ1) is 38.5. The minimum absolute atomic E-state index is 0.0257. The molecule has 0 aliphatic carbocycles. The van der Waals surface area contributed by atoms with E-state index >= 15 is 0 Å². The Balaban J connectivity index is 1.85. The van der Waals surface area contributed by atoms with Gasteiger partial charge in [0, 0.05) is 89.7 Å². The molecular formula is C34H50N6O8. The lowest BCUT2D eigenvalue weighted by Crippen LogP contribution is -2.48. The number of ether oxygens (including phenoxy) is 2. The third-order valence-electron chi connectivity index (χ3n) is 7.58. The van der Waals surface area contributed by atoms with Gasteiger partial charge >= 0.3 is 11.9 Å². The predicted molar refractivity (Wildman–Crippen MR) is 181 cm³/mol. The SMILES string of the molecule is CC(C)(C)OC(=O)CN1CCN(Cc2ccc([N+](=O)[O-])cc2)CCN(CC(=O)OC(C)(C)C)CCN(Cc2ccc([N+](=O)[O-])cc2)CC1. The number of carbonyl (C=O) groups is 2. The third kappa shape index (κ3) is 14.4. The summed E-state index contributed by atoms with van der Waals surface area (Å²) in [7, 11) is 0. The number of nitro groups is 2. The zero-order chi connectivity index (χ0) is 35.5. The first-order valence-electron chi connectivity index (χ1n) is 16.3. The van der Waals surface area contributed by atoms with E-state index in [1.807, 2.05) is 41.5 Å². The monoisotopic (exact) mass is 670 g/mol. The molecule has 0 unspecified atom stereocenters. The van der Waals surface area contributed by atoms with Gasteiger partial charge in [0.25, 0.3) is 11.4 Å². The van der Waals surface area contributed by atoms with Crippen LogP contribution in [0.25, 0.3) is 0 Å². The minimum Gasteiger partial charge on any atom is -0.459 e. The molecule has 2 aromatic carbocycles. The molecule has 264 valence electrons. The molecule has 0 N–H and O–H groups in total. The fraction of sp³-hybridized carbons (Fsp3) is 0.588. The van der Waals surface area contributed by atoms with Gasteiger partial charge in [-0.15, -0.1) is 0 Å². The van der Waals surface area contributed by atoms with E-state index in [9.17, 15) is 29.8 Å². The van der Waals surface area contributed by atoms with Crippen molar-refractivity contribution in [1.29, 1.82) is 0 Å². The van der Waals surface area contributed by atoms with Gasteiger partial charge in [0.2, 0.25) is 0 Å². The van der Waals surface area contributed by atoms with Crippen molar-refractivity contribution in [3.63, 3.8) is 0 Å². The molecule has 48 heavy (non-hydrogen) atoms. The first-order chi connectivity index (χ1) is 22.5. The Morgan fingerprint density at radius 2 is 0.833 bits per heavy atom. The standard InChI is InChI=1S/C34H50N6O8/c1-33(2,3)47-31(41)25-37-19-15-35(23-27-7-11-29(12-8-27)39(43)44)17-21-38(26-32(42)48-34(4,5)6)22-18-36(16-20-37)24-28-9-13-30(14-10-28)40(45)46/h7-14H,15-26H2,1-6H3. The molecule has 0 spiro atoms. The summed E-state index contributed by atoms with van der Waals surface area (Å²) in [6, 6.07) is 13.0. The fourth-order valence-corrected chi connectivity index (χ4v) is 5.29. The van der Waals surface area contributed by atoms with E-state index in [0.29, 0.717) is 65.4 Å². The van der Waals surface area contributed by atoms with Gasteiger partial charge < -0.3 is 9.47 Å². The summed E-state index contributed by atoms with van der Waals surface area (Å²) in [6.07, 6.45) is 0. The average molecular weight is 671 g/mol. The summed E-state index contributed by atoms with van der Waals surface area (Å²) in [4.78, 5) is 55.9. The topological polar surface area (TPSA) is 152 Å². The van der Waals surface area contributed by atoms with Crippen LogP contribution in [0, 0.1) is 20.2 Å². The summed E-state index contributed by atoms with van der Waals surface area (Å²) in [6.45, 7) is 16.9. The van der Waals surface area contributed by atoms with Crippen LogP contribution >= 0.6 is 0 Å². The van der Waals surface area contributed by atoms with Crippen LogP contribution in [-0.2, 0) is 32.2 Å². The zero-order valence-electron chi connectivity index (χ0n) is 29.1. The van der Waals surface area contributed by atoms with Crippen molar-refractivity contribution in [1.82, 2.24) is 19.6 Å². The lowest BCUT2D eigenvalue weighted by atomic mass is 10.2. The average Bonchev–Trinajstić information content (AvgIpc) is 2.97. The van der Waals surface area contributed by atoms with Gasteiger partial charge in [-0.25, -0.2) is 0 Å². The molecule has 2 aromatic rings. The van der Waals surface area contributed by atoms with Crippen LogP contribution in [0.2, 0.25) is 0 Å². The quantitative estimate of drug-likeness (QED) is 0.203. The Hall–Kier alpha value is -3.98. The summed E-state index contributed by atoms with van der Waals surface area (Å²) in [5.74, 6) is -0.635. The van der Waals surface area contributed by atoms with Gasteiger partial charge in [0.05, 0.1) is 22.9 Å². The highest BCUT2D eigenvalue weighted by Gasteiger charge is 2.24. The molecule has 1 saturated heterocycles. The first-order valence-corrected chi connectivity index (χ1v) is 16.3. The van der Waals surface area contributed by atoms with Gasteiger partial charge in [-0.1, -0.05) is 24.3 Å². The smallest absolute Gasteiger partial charge is 0.320 e. The van der Waals surface area contributed by atoms with Crippen LogP contribution in [0.3, 0.4) is 0 Å². The fourth-order valence-electron chi connectivity index (χ4n) is 5.29. The normalized spacial score (nSPS) is 16.8. The van der Waals surface area contributed by atoms with Crippen molar-refractivity contribution in [3.8, 4) is 0 Å². The maximum Gasteiger partial charge on any atom is 0.320 e. The van der Waals surface area contributed by atoms with Crippen molar-refractivity contribution >= 4 is 23.3 Å². The van der Waals surface area contributed by atoms with Crippen LogP contribution < -0.4 is 0 Å². The zero-order valence-corrected chi connectivity index (χ0v) is 29.1. The van der Waals surface area contributed by atoms with E-state index in [4.69, 9.17) is 9.47 Å². The molecule has 1 fully saturated rings. The van der Waals surface area contributed by atoms with Crippen molar-refractivity contribution in [2.45, 2.75) is 65.8 Å². The molecule has 0 aromatic heterocycles. The summed E-state index contributed by atoms with van der Waals surface area (Å²) in [5.41, 5.74) is 0.644. The number of hydrogen-bond donors (Lipinski definition) is 0. The van der Waals surface area contributed by atoms with Crippen molar-refractivity contribution in [2.75, 3.05) is 65.4 Å². The number of rotatable bonds is 10. The number of benzene rings is 2. The molecule has 14 heteroatoms. The van der Waals surface area contributed by atoms with Crippen LogP contribution in [0.4, 0.5) is 11.4 Å². The molecule has 3 rings (SSSR count). The van der Waals surface area contributed by atoms with Crippen LogP contribution in [0.15, 0.2) is 48.5 Å². The molecule has 1 aliphatic heterocycles. The summed E-state index contributed by atoms with van der Waals surface area (Å²) in [5, 5.41) is 22.4. The molecule has 0 amide bonds. The highest BCUT2D eigenvalue weighted by atomic mass is 16.6. The van der Waals surface area contributed by atoms with E-state index in [2.05, 4.69) is 19.6 Å². The lowest BCUT2D eigenvalue weighted by Gasteiger charge is -2.34. The molecule has 0 atom stereocenters. The largest absolute Gasteiger partial charge is 0.459 e. The van der Waals surface area contributed by atoms with Crippen LogP contribution in [0.1, 0.15) is 52.7 Å². The van der Waals surface area contributed by atoms with Crippen molar-refractivity contribution in [2.24, 2.45) is 0 Å². The maximum atomic E-state index is 12.9. The van der Waals surface area contributed by atoms with E-state index in [-0.39, 0.29) is 36.4 Å². The Labute approximate surface area is 282 Å². The second-order valence-electron chi connectivity index (χ2n) is 14.1. The number of nitrogens with zero attached hydrogens (tertiary/aromatic N) is 6. The second-order valence-corrected chi connectivity index (χ2v) is 14.1. The molecular weight excluding hydrogens is 620 g/mol. The number of esters is 2. The molecule has 0 saturated carbocycles. The van der Waals surface area contributed by atoms with Gasteiger partial charge in [0.15, 0.2) is 0 Å². The Kier molecular flexibility index (Phi) is 14.0. The van der Waals surface area contributed by atoms with Crippen molar-refractivity contribution < 1.29 is 28.9 Å². The van der Waals surface area contributed by atoms with E-state index < -0.39 is 21.0 Å². The van der Waals surface area contributed by atoms with Crippen LogP contribution in [-0.4, -0.2) is 118 Å². The highest BCUT2D eigenvalue weighted by molar-refractivity contribution is 5.72. The number of carbonyl (C=O) groups excluding carboxylic acids is 2. The number of hydrogen-bond acceptors (Lipinski definition) is 12. The summed E-state index contributed by atoms with van der Waals surface area (Å²) < 4.78 is 11.3. The lowest BCUT2D eigenvalue weighted by molar-refractivity contribution is -0.385. The number of non-ortho nitro benzene ring substituents is 2. The van der Waals surface area contributed by atoms with Crippen molar-refractivity contribution in [3.05, 3.63) is 79.9 Å². The number of nitro benzene ring substituents is 2. The molecule has 1 heterocycles. The predicted octanol–water partition coefficient (Wildman–Crippen LogP) is 4.11. The summed E-state index contributed by atoms with van der Waals surface area (Å²) >= 11 is 0.